The molecule has 1 aliphatic rings. The largest absolute Gasteiger partial charge is 0.256 e. The molecule has 38 heavy (non-hydrogen) atoms. The summed E-state index contributed by atoms with van der Waals surface area (Å²) in [6.07, 6.45) is 1.92. The molecule has 0 N–H and O–H groups in total. The summed E-state index contributed by atoms with van der Waals surface area (Å²) < 4.78 is 0. The van der Waals surface area contributed by atoms with Crippen LogP contribution < -0.4 is 0 Å². The predicted octanol–water partition coefficient (Wildman–Crippen LogP) is 10.1. The van der Waals surface area contributed by atoms with Crippen LogP contribution in [0, 0.1) is 13.8 Å². The number of benzene rings is 6. The van der Waals surface area contributed by atoms with Gasteiger partial charge in [0, 0.05) is 17.3 Å². The Morgan fingerprint density at radius 3 is 2.03 bits per heavy atom. The maximum absolute atomic E-state index is 4.84. The van der Waals surface area contributed by atoms with Crippen molar-refractivity contribution in [3.05, 3.63) is 127 Å². The van der Waals surface area contributed by atoms with Crippen molar-refractivity contribution < 1.29 is 0 Å². The van der Waals surface area contributed by atoms with Crippen LogP contribution in [0.3, 0.4) is 0 Å². The first-order chi connectivity index (χ1) is 18.7. The van der Waals surface area contributed by atoms with Crippen molar-refractivity contribution >= 4 is 32.3 Å². The van der Waals surface area contributed by atoms with Gasteiger partial charge in [-0.1, -0.05) is 96.6 Å². The van der Waals surface area contributed by atoms with E-state index in [2.05, 4.69) is 123 Å². The third kappa shape index (κ3) is 2.96. The Kier molecular flexibility index (Phi) is 4.42. The van der Waals surface area contributed by atoms with Gasteiger partial charge in [0.2, 0.25) is 0 Å². The second-order valence-corrected chi connectivity index (χ2v) is 10.5. The lowest BCUT2D eigenvalue weighted by molar-refractivity contribution is 1.34. The van der Waals surface area contributed by atoms with Gasteiger partial charge in [-0.25, -0.2) is 0 Å². The zero-order chi connectivity index (χ0) is 25.4. The Labute approximate surface area is 222 Å². The SMILES string of the molecule is Cc1ccc2c(c1)c(-c1ccc(-c3ccccc3)cc1)cc1c3ccc(C)c4c3c(cc21)-c1ncccc1-4. The molecule has 1 heteroatoms. The van der Waals surface area contributed by atoms with Gasteiger partial charge in [0.25, 0.3) is 0 Å². The molecule has 0 fully saturated rings. The minimum absolute atomic E-state index is 1.10. The van der Waals surface area contributed by atoms with Crippen LogP contribution in [-0.2, 0) is 0 Å². The average Bonchev–Trinajstić information content (AvgIpc) is 3.30. The second-order valence-electron chi connectivity index (χ2n) is 10.5. The summed E-state index contributed by atoms with van der Waals surface area (Å²) in [5, 5.41) is 7.82. The third-order valence-electron chi connectivity index (χ3n) is 8.23. The van der Waals surface area contributed by atoms with Gasteiger partial charge in [-0.05, 0) is 97.7 Å². The second kappa shape index (κ2) is 7.87. The molecule has 0 unspecified atom stereocenters. The van der Waals surface area contributed by atoms with Crippen molar-refractivity contribution in [1.29, 1.82) is 0 Å². The van der Waals surface area contributed by atoms with Gasteiger partial charge in [0.15, 0.2) is 0 Å². The molecule has 0 amide bonds. The maximum Gasteiger partial charge on any atom is 0.0787 e. The van der Waals surface area contributed by atoms with Gasteiger partial charge in [0.1, 0.15) is 0 Å². The number of rotatable bonds is 2. The zero-order valence-corrected chi connectivity index (χ0v) is 21.4. The Morgan fingerprint density at radius 2 is 1.18 bits per heavy atom. The topological polar surface area (TPSA) is 12.9 Å². The standard InChI is InChI=1S/C37H25N/c1-22-10-16-27-31(19-22)30(26-14-12-25(13-15-26)24-7-4-3-5-8-24)20-33-28-17-11-23(2)35-29-9-6-18-38-37(29)34(36(28)35)21-32(27)33/h3-21H,1-2H3. The molecule has 0 saturated carbocycles. The highest BCUT2D eigenvalue weighted by molar-refractivity contribution is 6.28. The molecule has 178 valence electrons. The molecule has 8 rings (SSSR count). The fourth-order valence-electron chi connectivity index (χ4n) is 6.43. The van der Waals surface area contributed by atoms with E-state index in [0.717, 1.165) is 5.69 Å². The van der Waals surface area contributed by atoms with Crippen LogP contribution in [0.25, 0.3) is 77.0 Å². The van der Waals surface area contributed by atoms with Crippen LogP contribution in [0.2, 0.25) is 0 Å². The fourth-order valence-corrected chi connectivity index (χ4v) is 6.43. The number of aromatic nitrogens is 1. The van der Waals surface area contributed by atoms with Gasteiger partial charge in [-0.3, -0.25) is 4.98 Å². The smallest absolute Gasteiger partial charge is 0.0787 e. The summed E-state index contributed by atoms with van der Waals surface area (Å²) in [5.74, 6) is 0. The summed E-state index contributed by atoms with van der Waals surface area (Å²) in [5.41, 5.74) is 12.5. The maximum atomic E-state index is 4.84. The first-order valence-electron chi connectivity index (χ1n) is 13.2. The van der Waals surface area contributed by atoms with E-state index < -0.39 is 0 Å². The zero-order valence-electron chi connectivity index (χ0n) is 21.4. The van der Waals surface area contributed by atoms with Crippen molar-refractivity contribution in [2.45, 2.75) is 13.8 Å². The van der Waals surface area contributed by atoms with Gasteiger partial charge in [0.05, 0.1) is 5.69 Å². The molecule has 6 aromatic carbocycles. The summed E-state index contributed by atoms with van der Waals surface area (Å²) in [4.78, 5) is 4.84. The molecule has 0 atom stereocenters. The van der Waals surface area contributed by atoms with E-state index in [4.69, 9.17) is 4.98 Å². The van der Waals surface area contributed by atoms with Gasteiger partial charge < -0.3 is 0 Å². The number of hydrogen-bond acceptors (Lipinski definition) is 1. The van der Waals surface area contributed by atoms with Crippen molar-refractivity contribution in [1.82, 2.24) is 4.98 Å². The number of pyridine rings is 1. The lowest BCUT2D eigenvalue weighted by Gasteiger charge is -2.16. The molecule has 1 aromatic heterocycles. The van der Waals surface area contributed by atoms with E-state index in [1.807, 2.05) is 6.20 Å². The molecule has 0 bridgehead atoms. The minimum atomic E-state index is 1.10. The van der Waals surface area contributed by atoms with Crippen molar-refractivity contribution in [2.75, 3.05) is 0 Å². The lowest BCUT2D eigenvalue weighted by atomic mass is 9.88. The highest BCUT2D eigenvalue weighted by atomic mass is 14.7. The van der Waals surface area contributed by atoms with Crippen LogP contribution in [0.15, 0.2) is 115 Å². The average molecular weight is 484 g/mol. The Hall–Kier alpha value is -4.75. The van der Waals surface area contributed by atoms with Gasteiger partial charge >= 0.3 is 0 Å². The highest BCUT2D eigenvalue weighted by Gasteiger charge is 2.26. The minimum Gasteiger partial charge on any atom is -0.256 e. The Balaban J connectivity index is 1.46. The van der Waals surface area contributed by atoms with Crippen LogP contribution in [0.1, 0.15) is 11.1 Å². The van der Waals surface area contributed by atoms with Gasteiger partial charge in [-0.2, -0.15) is 0 Å². The lowest BCUT2D eigenvalue weighted by Crippen LogP contribution is -1.89. The van der Waals surface area contributed by atoms with E-state index in [1.165, 1.54) is 82.4 Å². The quantitative estimate of drug-likeness (QED) is 0.223. The number of hydrogen-bond donors (Lipinski definition) is 0. The van der Waals surface area contributed by atoms with E-state index in [0.29, 0.717) is 0 Å². The first kappa shape index (κ1) is 21.3. The van der Waals surface area contributed by atoms with Crippen molar-refractivity contribution in [3.8, 4) is 44.6 Å². The molecule has 1 heterocycles. The van der Waals surface area contributed by atoms with E-state index in [1.54, 1.807) is 0 Å². The molecular weight excluding hydrogens is 458 g/mol. The Morgan fingerprint density at radius 1 is 0.474 bits per heavy atom. The van der Waals surface area contributed by atoms with Crippen LogP contribution in [0.4, 0.5) is 0 Å². The van der Waals surface area contributed by atoms with Crippen LogP contribution in [0.5, 0.6) is 0 Å². The fraction of sp³-hybridized carbons (Fsp3) is 0.0541. The summed E-state index contributed by atoms with van der Waals surface area (Å²) in [7, 11) is 0. The molecule has 0 radical (unpaired) electrons. The molecule has 1 aliphatic carbocycles. The predicted molar refractivity (Wildman–Crippen MR) is 162 cm³/mol. The summed E-state index contributed by atoms with van der Waals surface area (Å²) >= 11 is 0. The molecule has 0 spiro atoms. The number of aryl methyl sites for hydroxylation is 2. The number of nitrogens with zero attached hydrogens (tertiary/aromatic N) is 1. The van der Waals surface area contributed by atoms with Crippen molar-refractivity contribution in [2.24, 2.45) is 0 Å². The van der Waals surface area contributed by atoms with E-state index in [-0.39, 0.29) is 0 Å². The van der Waals surface area contributed by atoms with E-state index >= 15 is 0 Å². The highest BCUT2D eigenvalue weighted by Crippen LogP contribution is 2.51. The van der Waals surface area contributed by atoms with Gasteiger partial charge in [-0.15, -0.1) is 0 Å². The van der Waals surface area contributed by atoms with Crippen molar-refractivity contribution in [3.63, 3.8) is 0 Å². The van der Waals surface area contributed by atoms with Crippen LogP contribution in [-0.4, -0.2) is 4.98 Å². The summed E-state index contributed by atoms with van der Waals surface area (Å²) in [6, 6.07) is 40.2. The normalized spacial score (nSPS) is 11.9. The molecular formula is C37H25N. The molecule has 0 saturated heterocycles. The molecule has 7 aromatic rings. The number of fused-ring (bicyclic) bond motifs is 7. The third-order valence-corrected chi connectivity index (χ3v) is 8.23. The molecule has 0 aliphatic heterocycles. The monoisotopic (exact) mass is 483 g/mol. The van der Waals surface area contributed by atoms with E-state index in [9.17, 15) is 0 Å². The molecule has 1 nitrogen and oxygen atoms in total. The summed E-state index contributed by atoms with van der Waals surface area (Å²) in [6.45, 7) is 4.40. The Bertz CT molecular complexity index is 2070. The first-order valence-corrected chi connectivity index (χ1v) is 13.2. The van der Waals surface area contributed by atoms with Crippen LogP contribution >= 0.6 is 0 Å².